The molecule has 1 fully saturated rings. The highest BCUT2D eigenvalue weighted by molar-refractivity contribution is 5.92. The third-order valence-corrected chi connectivity index (χ3v) is 10.6. The summed E-state index contributed by atoms with van der Waals surface area (Å²) in [6.07, 6.45) is 4.84. The van der Waals surface area contributed by atoms with Crippen LogP contribution in [0.2, 0.25) is 0 Å². The van der Waals surface area contributed by atoms with E-state index in [0.717, 1.165) is 54.5 Å². The lowest BCUT2D eigenvalue weighted by molar-refractivity contribution is -0.131. The molecule has 1 aliphatic rings. The largest absolute Gasteiger partial charge is 0.445 e. The second-order valence-electron chi connectivity index (χ2n) is 15.8. The molecule has 14 nitrogen and oxygen atoms in total. The molecule has 3 aromatic carbocycles. The Balaban J connectivity index is 1.10. The number of imidazole rings is 1. The SMILES string of the molecule is CC(C)C[C@H](NC(=O)C(Cc1c[nH]cn1)NC(=O)[C@H](Cc1c[nH]c2ccccc12)NC(=O)OCc1ccccc1)[C@@H](O)CC(=O)NC1CCN(Cc2ccccc2)CC1. The van der Waals surface area contributed by atoms with Crippen LogP contribution < -0.4 is 21.3 Å². The van der Waals surface area contributed by atoms with E-state index in [1.165, 1.54) is 11.9 Å². The molecule has 6 rings (SSSR count). The molecule has 4 atom stereocenters. The summed E-state index contributed by atoms with van der Waals surface area (Å²) in [5, 5.41) is 23.9. The molecular formula is C45H56N8O6. The van der Waals surface area contributed by atoms with Gasteiger partial charge in [0, 0.05) is 61.8 Å². The van der Waals surface area contributed by atoms with Gasteiger partial charge in [-0.3, -0.25) is 19.3 Å². The van der Waals surface area contributed by atoms with Crippen LogP contribution in [0, 0.1) is 5.92 Å². The summed E-state index contributed by atoms with van der Waals surface area (Å²) in [7, 11) is 0. The fraction of sp³-hybridized carbons (Fsp3) is 0.400. The minimum Gasteiger partial charge on any atom is -0.445 e. The molecule has 0 saturated carbocycles. The molecule has 1 unspecified atom stereocenters. The zero-order valence-electron chi connectivity index (χ0n) is 33.7. The van der Waals surface area contributed by atoms with Crippen molar-refractivity contribution >= 4 is 34.7 Å². The number of aliphatic hydroxyl groups is 1. The van der Waals surface area contributed by atoms with Crippen LogP contribution in [0.15, 0.2) is 104 Å². The highest BCUT2D eigenvalue weighted by Gasteiger charge is 2.32. The van der Waals surface area contributed by atoms with Crippen LogP contribution in [0.5, 0.6) is 0 Å². The number of alkyl carbamates (subject to hydrolysis) is 1. The lowest BCUT2D eigenvalue weighted by atomic mass is 9.96. The van der Waals surface area contributed by atoms with Gasteiger partial charge in [0.05, 0.1) is 30.6 Å². The summed E-state index contributed by atoms with van der Waals surface area (Å²) in [4.78, 5) is 67.5. The molecule has 0 spiro atoms. The van der Waals surface area contributed by atoms with E-state index in [1.54, 1.807) is 12.4 Å². The molecule has 5 aromatic rings. The summed E-state index contributed by atoms with van der Waals surface area (Å²) >= 11 is 0. The van der Waals surface area contributed by atoms with Crippen molar-refractivity contribution in [3.8, 4) is 0 Å². The molecule has 3 heterocycles. The second-order valence-corrected chi connectivity index (χ2v) is 15.8. The average Bonchev–Trinajstić information content (AvgIpc) is 3.91. The van der Waals surface area contributed by atoms with Crippen molar-refractivity contribution in [2.24, 2.45) is 5.92 Å². The first-order valence-corrected chi connectivity index (χ1v) is 20.4. The van der Waals surface area contributed by atoms with E-state index < -0.39 is 42.1 Å². The molecule has 2 aromatic heterocycles. The highest BCUT2D eigenvalue weighted by Crippen LogP contribution is 2.20. The van der Waals surface area contributed by atoms with E-state index in [9.17, 15) is 24.3 Å². The number of aliphatic hydroxyl groups excluding tert-OH is 1. The Hall–Kier alpha value is -5.99. The first-order valence-electron chi connectivity index (χ1n) is 20.4. The molecule has 1 aliphatic heterocycles. The van der Waals surface area contributed by atoms with E-state index in [2.05, 4.69) is 53.3 Å². The number of nitrogens with zero attached hydrogens (tertiary/aromatic N) is 2. The Morgan fingerprint density at radius 3 is 2.19 bits per heavy atom. The topological polar surface area (TPSA) is 194 Å². The number of H-pyrrole nitrogens is 2. The van der Waals surface area contributed by atoms with E-state index in [-0.39, 0.29) is 43.7 Å². The normalized spacial score (nSPS) is 15.5. The number of piperidine rings is 1. The first kappa shape index (κ1) is 42.6. The summed E-state index contributed by atoms with van der Waals surface area (Å²) in [6, 6.07) is 24.1. The minimum absolute atomic E-state index is 0.00386. The van der Waals surface area contributed by atoms with Gasteiger partial charge in [0.2, 0.25) is 17.7 Å². The van der Waals surface area contributed by atoms with Crippen LogP contribution >= 0.6 is 0 Å². The van der Waals surface area contributed by atoms with Crippen LogP contribution in [0.3, 0.4) is 0 Å². The van der Waals surface area contributed by atoms with Gasteiger partial charge in [-0.1, -0.05) is 92.7 Å². The third kappa shape index (κ3) is 13.0. The number of ether oxygens (including phenoxy) is 1. The third-order valence-electron chi connectivity index (χ3n) is 10.6. The zero-order chi connectivity index (χ0) is 41.6. The number of para-hydroxylation sites is 1. The summed E-state index contributed by atoms with van der Waals surface area (Å²) in [6.45, 7) is 6.51. The number of fused-ring (bicyclic) bond motifs is 1. The van der Waals surface area contributed by atoms with Gasteiger partial charge in [-0.15, -0.1) is 0 Å². The Bertz CT molecular complexity index is 2080. The number of aromatic amines is 2. The van der Waals surface area contributed by atoms with E-state index in [4.69, 9.17) is 4.74 Å². The van der Waals surface area contributed by atoms with Gasteiger partial charge < -0.3 is 41.1 Å². The minimum atomic E-state index is -1.18. The molecule has 4 amide bonds. The summed E-state index contributed by atoms with van der Waals surface area (Å²) in [5.74, 6) is -1.39. The summed E-state index contributed by atoms with van der Waals surface area (Å²) in [5.41, 5.74) is 4.21. The van der Waals surface area contributed by atoms with Gasteiger partial charge in [0.15, 0.2) is 0 Å². The maximum Gasteiger partial charge on any atom is 0.408 e. The molecule has 0 radical (unpaired) electrons. The number of carbonyl (C=O) groups excluding carboxylic acids is 4. The number of rotatable bonds is 19. The van der Waals surface area contributed by atoms with Gasteiger partial charge in [-0.2, -0.15) is 0 Å². The van der Waals surface area contributed by atoms with Crippen molar-refractivity contribution in [3.05, 3.63) is 126 Å². The number of amides is 4. The molecule has 7 N–H and O–H groups in total. The van der Waals surface area contributed by atoms with Crippen LogP contribution in [0.4, 0.5) is 4.79 Å². The van der Waals surface area contributed by atoms with E-state index in [1.807, 2.05) is 86.6 Å². The highest BCUT2D eigenvalue weighted by atomic mass is 16.5. The Morgan fingerprint density at radius 1 is 0.831 bits per heavy atom. The number of hydrogen-bond donors (Lipinski definition) is 7. The van der Waals surface area contributed by atoms with Crippen molar-refractivity contribution < 1.29 is 29.0 Å². The van der Waals surface area contributed by atoms with Gasteiger partial charge >= 0.3 is 6.09 Å². The fourth-order valence-corrected chi connectivity index (χ4v) is 7.53. The number of carbonyl (C=O) groups is 4. The van der Waals surface area contributed by atoms with Crippen LogP contribution in [-0.4, -0.2) is 92.1 Å². The quantitative estimate of drug-likeness (QED) is 0.0634. The van der Waals surface area contributed by atoms with Crippen molar-refractivity contribution in [2.45, 2.75) is 95.8 Å². The van der Waals surface area contributed by atoms with Crippen molar-refractivity contribution in [1.82, 2.24) is 41.1 Å². The number of benzene rings is 3. The predicted octanol–water partition coefficient (Wildman–Crippen LogP) is 4.52. The van der Waals surface area contributed by atoms with Gasteiger partial charge in [0.25, 0.3) is 0 Å². The average molecular weight is 805 g/mol. The van der Waals surface area contributed by atoms with Crippen LogP contribution in [0.1, 0.15) is 61.9 Å². The molecule has 1 saturated heterocycles. The lowest BCUT2D eigenvalue weighted by Gasteiger charge is -2.33. The molecule has 59 heavy (non-hydrogen) atoms. The Labute approximate surface area is 344 Å². The fourth-order valence-electron chi connectivity index (χ4n) is 7.53. The zero-order valence-corrected chi connectivity index (χ0v) is 33.7. The number of hydrogen-bond acceptors (Lipinski definition) is 8. The monoisotopic (exact) mass is 804 g/mol. The Kier molecular flexibility index (Phi) is 15.3. The van der Waals surface area contributed by atoms with Crippen molar-refractivity contribution in [3.63, 3.8) is 0 Å². The Morgan fingerprint density at radius 2 is 1.49 bits per heavy atom. The standard InChI is InChI=1S/C45H56N8O6/c1-30(2)21-38(41(54)24-42(55)49-34-17-19-53(20-18-34)27-31-11-5-3-6-12-31)50-44(57)40(23-35-26-46-29-48-35)51-43(56)39(22-33-25-47-37-16-10-9-15-36(33)37)52-45(58)59-28-32-13-7-4-8-14-32/h3-16,25-26,29-30,34,38-41,47,54H,17-24,27-28H2,1-2H3,(H,46,48)(H,49,55)(H,50,57)(H,51,56)(H,52,58)/t38-,39-,40?,41-/m0/s1. The number of likely N-dealkylation sites (tertiary alicyclic amines) is 1. The maximum atomic E-state index is 14.2. The number of nitrogens with one attached hydrogen (secondary N) is 6. The molecule has 0 bridgehead atoms. The van der Waals surface area contributed by atoms with Crippen molar-refractivity contribution in [2.75, 3.05) is 13.1 Å². The maximum absolute atomic E-state index is 14.2. The van der Waals surface area contributed by atoms with Crippen molar-refractivity contribution in [1.29, 1.82) is 0 Å². The molecule has 14 heteroatoms. The molecular weight excluding hydrogens is 749 g/mol. The first-order chi connectivity index (χ1) is 28.6. The van der Waals surface area contributed by atoms with Crippen LogP contribution in [-0.2, 0) is 45.1 Å². The van der Waals surface area contributed by atoms with E-state index in [0.29, 0.717) is 12.1 Å². The summed E-state index contributed by atoms with van der Waals surface area (Å²) < 4.78 is 5.48. The predicted molar refractivity (Wildman–Crippen MR) is 225 cm³/mol. The van der Waals surface area contributed by atoms with E-state index >= 15 is 0 Å². The molecule has 0 aliphatic carbocycles. The van der Waals surface area contributed by atoms with Gasteiger partial charge in [0.1, 0.15) is 18.7 Å². The number of aromatic nitrogens is 3. The smallest absolute Gasteiger partial charge is 0.408 e. The van der Waals surface area contributed by atoms with Gasteiger partial charge in [-0.05, 0) is 47.9 Å². The molecule has 312 valence electrons. The van der Waals surface area contributed by atoms with Gasteiger partial charge in [-0.25, -0.2) is 9.78 Å². The van der Waals surface area contributed by atoms with Crippen LogP contribution in [0.25, 0.3) is 10.9 Å². The lowest BCUT2D eigenvalue weighted by Crippen LogP contribution is -2.57. The second kappa shape index (κ2) is 21.1.